The molecule has 0 unspecified atom stereocenters. The Bertz CT molecular complexity index is 592. The van der Waals surface area contributed by atoms with E-state index in [2.05, 4.69) is 24.4 Å². The molecule has 0 aromatic heterocycles. The average Bonchev–Trinajstić information content (AvgIpc) is 3.09. The van der Waals surface area contributed by atoms with Gasteiger partial charge in [-0.1, -0.05) is 50.1 Å². The molecule has 1 aliphatic carbocycles. The minimum absolute atomic E-state index is 0.0161. The lowest BCUT2D eigenvalue weighted by Crippen LogP contribution is -2.29. The summed E-state index contributed by atoms with van der Waals surface area (Å²) in [5.74, 6) is 0.197. The van der Waals surface area contributed by atoms with E-state index in [9.17, 15) is 13.2 Å². The van der Waals surface area contributed by atoms with Crippen molar-refractivity contribution in [3.8, 4) is 0 Å². The molecule has 1 aromatic carbocycles. The second-order valence-corrected chi connectivity index (χ2v) is 8.87. The van der Waals surface area contributed by atoms with Gasteiger partial charge in [0, 0.05) is 13.0 Å². The molecule has 5 heteroatoms. The number of sulfone groups is 1. The van der Waals surface area contributed by atoms with Crippen LogP contribution in [-0.2, 0) is 14.6 Å². The van der Waals surface area contributed by atoms with Crippen molar-refractivity contribution < 1.29 is 13.2 Å². The van der Waals surface area contributed by atoms with Crippen LogP contribution < -0.4 is 5.32 Å². The molecule has 0 saturated heterocycles. The van der Waals surface area contributed by atoms with E-state index < -0.39 is 9.84 Å². The molecule has 1 aromatic rings. The molecule has 0 bridgehead atoms. The maximum Gasteiger partial charge on any atom is 0.221 e. The van der Waals surface area contributed by atoms with Gasteiger partial charge in [0.1, 0.15) is 0 Å². The molecule has 1 N–H and O–H groups in total. The van der Waals surface area contributed by atoms with E-state index in [1.807, 2.05) is 18.2 Å². The van der Waals surface area contributed by atoms with E-state index in [1.54, 1.807) is 0 Å². The summed E-state index contributed by atoms with van der Waals surface area (Å²) in [7, 11) is -3.10. The highest BCUT2D eigenvalue weighted by Crippen LogP contribution is 2.25. The van der Waals surface area contributed by atoms with Crippen molar-refractivity contribution in [1.29, 1.82) is 0 Å². The average molecular weight is 337 g/mol. The molecule has 23 heavy (non-hydrogen) atoms. The van der Waals surface area contributed by atoms with Gasteiger partial charge in [0.15, 0.2) is 9.84 Å². The Labute approximate surface area is 139 Å². The van der Waals surface area contributed by atoms with Gasteiger partial charge >= 0.3 is 0 Å². The molecule has 1 atom stereocenters. The lowest BCUT2D eigenvalue weighted by Gasteiger charge is -2.13. The maximum absolute atomic E-state index is 12.1. The standard InChI is InChI=1S/C18H27NO3S/c1-15(16-7-3-2-4-8-16)11-13-19-18(20)12-14-23(21,22)17-9-5-6-10-17/h2-4,7-8,15,17H,5-6,9-14H2,1H3,(H,19,20)/t15-/m1/s1. The van der Waals surface area contributed by atoms with E-state index in [1.165, 1.54) is 5.56 Å². The first-order valence-electron chi connectivity index (χ1n) is 8.52. The van der Waals surface area contributed by atoms with Gasteiger partial charge in [0.25, 0.3) is 0 Å². The normalized spacial score (nSPS) is 17.1. The highest BCUT2D eigenvalue weighted by molar-refractivity contribution is 7.92. The predicted octanol–water partition coefficient (Wildman–Crippen LogP) is 3.04. The van der Waals surface area contributed by atoms with Crippen LogP contribution in [0.5, 0.6) is 0 Å². The zero-order chi connectivity index (χ0) is 16.7. The summed E-state index contributed by atoms with van der Waals surface area (Å²) in [6.45, 7) is 2.71. The molecule has 0 heterocycles. The number of benzene rings is 1. The molecule has 4 nitrogen and oxygen atoms in total. The molecule has 1 aliphatic rings. The molecular formula is C18H27NO3S. The second kappa shape index (κ2) is 8.48. The monoisotopic (exact) mass is 337 g/mol. The lowest BCUT2D eigenvalue weighted by molar-refractivity contribution is -0.120. The van der Waals surface area contributed by atoms with Crippen LogP contribution in [0.2, 0.25) is 0 Å². The first kappa shape index (κ1) is 18.0. The minimum atomic E-state index is -3.10. The number of hydrogen-bond acceptors (Lipinski definition) is 3. The third kappa shape index (κ3) is 5.65. The van der Waals surface area contributed by atoms with Gasteiger partial charge in [0.05, 0.1) is 11.0 Å². The lowest BCUT2D eigenvalue weighted by atomic mass is 9.98. The van der Waals surface area contributed by atoms with Gasteiger partial charge in [-0.2, -0.15) is 0 Å². The molecule has 128 valence electrons. The molecule has 0 aliphatic heterocycles. The van der Waals surface area contributed by atoms with Gasteiger partial charge < -0.3 is 5.32 Å². The zero-order valence-corrected chi connectivity index (χ0v) is 14.6. The molecule has 0 radical (unpaired) electrons. The topological polar surface area (TPSA) is 63.2 Å². The van der Waals surface area contributed by atoms with E-state index in [0.717, 1.165) is 32.1 Å². The van der Waals surface area contributed by atoms with Crippen LogP contribution in [0.25, 0.3) is 0 Å². The summed E-state index contributed by atoms with van der Waals surface area (Å²) < 4.78 is 24.2. The predicted molar refractivity (Wildman–Crippen MR) is 93.1 cm³/mol. The van der Waals surface area contributed by atoms with Crippen LogP contribution in [0, 0.1) is 0 Å². The van der Waals surface area contributed by atoms with Crippen LogP contribution in [-0.4, -0.2) is 31.9 Å². The van der Waals surface area contributed by atoms with Gasteiger partial charge in [-0.25, -0.2) is 8.42 Å². The zero-order valence-electron chi connectivity index (χ0n) is 13.8. The van der Waals surface area contributed by atoms with Crippen molar-refractivity contribution in [3.63, 3.8) is 0 Å². The summed E-state index contributed by atoms with van der Waals surface area (Å²) in [6, 6.07) is 10.2. The maximum atomic E-state index is 12.1. The van der Waals surface area contributed by atoms with Crippen molar-refractivity contribution in [1.82, 2.24) is 5.32 Å². The van der Waals surface area contributed by atoms with E-state index in [0.29, 0.717) is 12.5 Å². The number of nitrogens with one attached hydrogen (secondary N) is 1. The Morgan fingerprint density at radius 3 is 2.52 bits per heavy atom. The quantitative estimate of drug-likeness (QED) is 0.793. The number of carbonyl (C=O) groups is 1. The number of hydrogen-bond donors (Lipinski definition) is 1. The number of amides is 1. The molecular weight excluding hydrogens is 310 g/mol. The Hall–Kier alpha value is -1.36. The highest BCUT2D eigenvalue weighted by atomic mass is 32.2. The summed E-state index contributed by atoms with van der Waals surface area (Å²) in [5.41, 5.74) is 1.26. The molecule has 0 spiro atoms. The first-order valence-corrected chi connectivity index (χ1v) is 10.2. The molecule has 1 fully saturated rings. The fraction of sp³-hybridized carbons (Fsp3) is 0.611. The highest BCUT2D eigenvalue weighted by Gasteiger charge is 2.28. The number of carbonyl (C=O) groups excluding carboxylic acids is 1. The first-order chi connectivity index (χ1) is 11.0. The fourth-order valence-electron chi connectivity index (χ4n) is 3.11. The van der Waals surface area contributed by atoms with Gasteiger partial charge in [0.2, 0.25) is 5.91 Å². The smallest absolute Gasteiger partial charge is 0.221 e. The largest absolute Gasteiger partial charge is 0.356 e. The van der Waals surface area contributed by atoms with Crippen molar-refractivity contribution in [2.45, 2.75) is 56.6 Å². The van der Waals surface area contributed by atoms with Crippen molar-refractivity contribution in [2.24, 2.45) is 0 Å². The minimum Gasteiger partial charge on any atom is -0.356 e. The molecule has 1 amide bonds. The summed E-state index contributed by atoms with van der Waals surface area (Å²) >= 11 is 0. The Kier molecular flexibility index (Phi) is 6.63. The van der Waals surface area contributed by atoms with E-state index >= 15 is 0 Å². The van der Waals surface area contributed by atoms with Crippen molar-refractivity contribution in [2.75, 3.05) is 12.3 Å². The third-order valence-electron chi connectivity index (χ3n) is 4.69. The Morgan fingerprint density at radius 1 is 1.22 bits per heavy atom. The number of rotatable bonds is 8. The van der Waals surface area contributed by atoms with Gasteiger partial charge in [-0.05, 0) is 30.7 Å². The third-order valence-corrected chi connectivity index (χ3v) is 6.95. The Morgan fingerprint density at radius 2 is 1.87 bits per heavy atom. The van der Waals surface area contributed by atoms with Crippen LogP contribution in [0.4, 0.5) is 0 Å². The van der Waals surface area contributed by atoms with Crippen LogP contribution in [0.3, 0.4) is 0 Å². The summed E-state index contributed by atoms with van der Waals surface area (Å²) in [5, 5.41) is 2.63. The fourth-order valence-corrected chi connectivity index (χ4v) is 4.97. The van der Waals surface area contributed by atoms with Crippen molar-refractivity contribution >= 4 is 15.7 Å². The molecule has 2 rings (SSSR count). The van der Waals surface area contributed by atoms with E-state index in [-0.39, 0.29) is 23.3 Å². The summed E-state index contributed by atoms with van der Waals surface area (Å²) in [4.78, 5) is 11.8. The van der Waals surface area contributed by atoms with Gasteiger partial charge in [-0.3, -0.25) is 4.79 Å². The summed E-state index contributed by atoms with van der Waals surface area (Å²) in [6.07, 6.45) is 4.45. The van der Waals surface area contributed by atoms with Crippen LogP contribution in [0.1, 0.15) is 56.9 Å². The van der Waals surface area contributed by atoms with Crippen LogP contribution >= 0.6 is 0 Å². The van der Waals surface area contributed by atoms with Crippen LogP contribution in [0.15, 0.2) is 30.3 Å². The SMILES string of the molecule is C[C@H](CCNC(=O)CCS(=O)(=O)C1CCCC1)c1ccccc1. The van der Waals surface area contributed by atoms with Crippen molar-refractivity contribution in [3.05, 3.63) is 35.9 Å². The van der Waals surface area contributed by atoms with Gasteiger partial charge in [-0.15, -0.1) is 0 Å². The Balaban J connectivity index is 1.67. The van der Waals surface area contributed by atoms with E-state index in [4.69, 9.17) is 0 Å². The second-order valence-electron chi connectivity index (χ2n) is 6.47. The molecule has 1 saturated carbocycles.